The van der Waals surface area contributed by atoms with E-state index in [1.807, 2.05) is 18.2 Å². The summed E-state index contributed by atoms with van der Waals surface area (Å²) in [5.41, 5.74) is 2.38. The normalized spacial score (nSPS) is 12.4. The van der Waals surface area contributed by atoms with E-state index in [0.717, 1.165) is 22.2 Å². The zero-order valence-electron chi connectivity index (χ0n) is 9.32. The zero-order valence-corrected chi connectivity index (χ0v) is 12.5. The highest BCUT2D eigenvalue weighted by Crippen LogP contribution is 2.32. The van der Waals surface area contributed by atoms with Gasteiger partial charge >= 0.3 is 0 Å². The molecular weight excluding hydrogens is 320 g/mol. The van der Waals surface area contributed by atoms with Crippen LogP contribution >= 0.6 is 38.9 Å². The van der Waals surface area contributed by atoms with E-state index < -0.39 is 0 Å². The van der Waals surface area contributed by atoms with Gasteiger partial charge in [-0.1, -0.05) is 6.07 Å². The van der Waals surface area contributed by atoms with Crippen molar-refractivity contribution in [2.45, 2.75) is 11.8 Å². The van der Waals surface area contributed by atoms with E-state index in [4.69, 9.17) is 16.3 Å². The first-order valence-electron chi connectivity index (χ1n) is 5.19. The minimum absolute atomic E-state index is 0.00759. The second kappa shape index (κ2) is 5.89. The third kappa shape index (κ3) is 3.24. The predicted octanol–water partition coefficient (Wildman–Crippen LogP) is 5.04. The van der Waals surface area contributed by atoms with Gasteiger partial charge in [0, 0.05) is 0 Å². The van der Waals surface area contributed by atoms with Gasteiger partial charge in [-0.2, -0.15) is 11.3 Å². The van der Waals surface area contributed by atoms with Crippen LogP contribution < -0.4 is 4.74 Å². The summed E-state index contributed by atoms with van der Waals surface area (Å²) in [5.74, 6) is 0.827. The molecule has 90 valence electrons. The van der Waals surface area contributed by atoms with E-state index in [9.17, 15) is 0 Å². The number of methoxy groups -OCH3 is 1. The number of thiophene rings is 1. The molecule has 1 aromatic carbocycles. The second-order valence-electron chi connectivity index (χ2n) is 3.70. The van der Waals surface area contributed by atoms with Crippen LogP contribution in [0.1, 0.15) is 16.5 Å². The van der Waals surface area contributed by atoms with Crippen LogP contribution in [0, 0.1) is 0 Å². The summed E-state index contributed by atoms with van der Waals surface area (Å²) in [4.78, 5) is 0. The molecule has 0 aliphatic rings. The van der Waals surface area contributed by atoms with Crippen molar-refractivity contribution in [1.29, 1.82) is 0 Å². The molecule has 1 unspecified atom stereocenters. The fourth-order valence-corrected chi connectivity index (χ4v) is 3.16. The average molecular weight is 332 g/mol. The smallest absolute Gasteiger partial charge is 0.133 e. The van der Waals surface area contributed by atoms with Crippen LogP contribution in [0.5, 0.6) is 5.75 Å². The third-order valence-electron chi connectivity index (χ3n) is 2.53. The molecule has 0 bridgehead atoms. The molecule has 2 aromatic rings. The van der Waals surface area contributed by atoms with Crippen molar-refractivity contribution in [2.24, 2.45) is 0 Å². The summed E-state index contributed by atoms with van der Waals surface area (Å²) in [5, 5.41) is 4.20. The minimum atomic E-state index is -0.00759. The van der Waals surface area contributed by atoms with Crippen molar-refractivity contribution in [3.8, 4) is 5.75 Å². The molecule has 0 N–H and O–H groups in total. The predicted molar refractivity (Wildman–Crippen MR) is 77.3 cm³/mol. The maximum atomic E-state index is 6.41. The first-order chi connectivity index (χ1) is 8.20. The topological polar surface area (TPSA) is 9.23 Å². The van der Waals surface area contributed by atoms with Crippen LogP contribution in [0.2, 0.25) is 0 Å². The standard InChI is InChI=1S/C13H12BrClOS/c1-16-13-3-2-10(7-11(13)14)12(15)6-9-4-5-17-8-9/h2-5,7-8,12H,6H2,1H3. The van der Waals surface area contributed by atoms with Gasteiger partial charge in [-0.25, -0.2) is 0 Å². The molecule has 2 rings (SSSR count). The van der Waals surface area contributed by atoms with Crippen molar-refractivity contribution in [1.82, 2.24) is 0 Å². The number of hydrogen-bond donors (Lipinski definition) is 0. The van der Waals surface area contributed by atoms with Crippen LogP contribution in [0.3, 0.4) is 0 Å². The van der Waals surface area contributed by atoms with Crippen LogP contribution in [0.25, 0.3) is 0 Å². The Bertz CT molecular complexity index is 484. The Balaban J connectivity index is 2.14. The van der Waals surface area contributed by atoms with Gasteiger partial charge in [-0.15, -0.1) is 11.6 Å². The van der Waals surface area contributed by atoms with E-state index in [1.54, 1.807) is 18.4 Å². The maximum Gasteiger partial charge on any atom is 0.133 e. The fraction of sp³-hybridized carbons (Fsp3) is 0.231. The van der Waals surface area contributed by atoms with Gasteiger partial charge in [0.15, 0.2) is 0 Å². The monoisotopic (exact) mass is 330 g/mol. The van der Waals surface area contributed by atoms with Crippen molar-refractivity contribution in [3.63, 3.8) is 0 Å². The molecule has 1 heterocycles. The van der Waals surface area contributed by atoms with E-state index in [0.29, 0.717) is 0 Å². The van der Waals surface area contributed by atoms with Gasteiger partial charge in [0.05, 0.1) is 17.0 Å². The third-order valence-corrected chi connectivity index (χ3v) is 4.29. The van der Waals surface area contributed by atoms with Crippen molar-refractivity contribution in [3.05, 3.63) is 50.6 Å². The first kappa shape index (κ1) is 12.9. The Hall–Kier alpha value is -0.510. The molecule has 1 atom stereocenters. The Morgan fingerprint density at radius 3 is 2.82 bits per heavy atom. The molecule has 1 aromatic heterocycles. The summed E-state index contributed by atoms with van der Waals surface area (Å²) in [6.07, 6.45) is 0.851. The van der Waals surface area contributed by atoms with Gasteiger partial charge in [0.2, 0.25) is 0 Å². The van der Waals surface area contributed by atoms with Gasteiger partial charge in [-0.3, -0.25) is 0 Å². The number of rotatable bonds is 4. The Kier molecular flexibility index (Phi) is 4.48. The number of alkyl halides is 1. The molecular formula is C13H12BrClOS. The van der Waals surface area contributed by atoms with Gasteiger partial charge in [0.1, 0.15) is 5.75 Å². The quantitative estimate of drug-likeness (QED) is 0.713. The minimum Gasteiger partial charge on any atom is -0.496 e. The summed E-state index contributed by atoms with van der Waals surface area (Å²) < 4.78 is 6.14. The number of ether oxygens (including phenoxy) is 1. The van der Waals surface area contributed by atoms with E-state index in [-0.39, 0.29) is 5.38 Å². The molecule has 17 heavy (non-hydrogen) atoms. The maximum absolute atomic E-state index is 6.41. The molecule has 0 fully saturated rings. The van der Waals surface area contributed by atoms with E-state index in [2.05, 4.69) is 32.8 Å². The molecule has 0 saturated carbocycles. The van der Waals surface area contributed by atoms with Crippen LogP contribution in [-0.2, 0) is 6.42 Å². The lowest BCUT2D eigenvalue weighted by Crippen LogP contribution is -1.95. The van der Waals surface area contributed by atoms with Gasteiger partial charge in [0.25, 0.3) is 0 Å². The van der Waals surface area contributed by atoms with Crippen molar-refractivity contribution in [2.75, 3.05) is 7.11 Å². The summed E-state index contributed by atoms with van der Waals surface area (Å²) in [7, 11) is 1.66. The highest BCUT2D eigenvalue weighted by Gasteiger charge is 2.11. The average Bonchev–Trinajstić information content (AvgIpc) is 2.81. The van der Waals surface area contributed by atoms with Crippen molar-refractivity contribution < 1.29 is 4.74 Å². The molecule has 4 heteroatoms. The fourth-order valence-electron chi connectivity index (χ4n) is 1.61. The summed E-state index contributed by atoms with van der Waals surface area (Å²) >= 11 is 11.6. The molecule has 0 aliphatic heterocycles. The Morgan fingerprint density at radius 2 is 2.24 bits per heavy atom. The molecule has 0 amide bonds. The van der Waals surface area contributed by atoms with E-state index in [1.165, 1.54) is 5.56 Å². The molecule has 0 radical (unpaired) electrons. The van der Waals surface area contributed by atoms with Gasteiger partial charge < -0.3 is 4.74 Å². The number of halogens is 2. The molecule has 0 saturated heterocycles. The molecule has 0 aliphatic carbocycles. The van der Waals surface area contributed by atoms with Crippen LogP contribution in [-0.4, -0.2) is 7.11 Å². The van der Waals surface area contributed by atoms with Crippen LogP contribution in [0.15, 0.2) is 39.5 Å². The van der Waals surface area contributed by atoms with Crippen LogP contribution in [0.4, 0.5) is 0 Å². The summed E-state index contributed by atoms with van der Waals surface area (Å²) in [6.45, 7) is 0. The SMILES string of the molecule is COc1ccc(C(Cl)Cc2ccsc2)cc1Br. The zero-order chi connectivity index (χ0) is 12.3. The molecule has 0 spiro atoms. The lowest BCUT2D eigenvalue weighted by Gasteiger charge is -2.11. The lowest BCUT2D eigenvalue weighted by atomic mass is 10.1. The molecule has 1 nitrogen and oxygen atoms in total. The Labute approximate surface area is 119 Å². The first-order valence-corrected chi connectivity index (χ1v) is 7.36. The number of hydrogen-bond acceptors (Lipinski definition) is 2. The Morgan fingerprint density at radius 1 is 1.41 bits per heavy atom. The second-order valence-corrected chi connectivity index (χ2v) is 5.86. The van der Waals surface area contributed by atoms with E-state index >= 15 is 0 Å². The van der Waals surface area contributed by atoms with Gasteiger partial charge in [-0.05, 0) is 62.4 Å². The highest BCUT2D eigenvalue weighted by molar-refractivity contribution is 9.10. The highest BCUT2D eigenvalue weighted by atomic mass is 79.9. The van der Waals surface area contributed by atoms with Crippen molar-refractivity contribution >= 4 is 38.9 Å². The largest absolute Gasteiger partial charge is 0.496 e. The summed E-state index contributed by atoms with van der Waals surface area (Å²) in [6, 6.07) is 8.07. The lowest BCUT2D eigenvalue weighted by molar-refractivity contribution is 0.412. The number of benzene rings is 1.